The van der Waals surface area contributed by atoms with Gasteiger partial charge in [0.2, 0.25) is 0 Å². The van der Waals surface area contributed by atoms with Gasteiger partial charge in [-0.25, -0.2) is 9.97 Å². The van der Waals surface area contributed by atoms with E-state index >= 15 is 0 Å². The molecule has 0 N–H and O–H groups in total. The Morgan fingerprint density at radius 1 is 1.06 bits per heavy atom. The predicted molar refractivity (Wildman–Crippen MR) is 126 cm³/mol. The number of halogens is 3. The summed E-state index contributed by atoms with van der Waals surface area (Å²) in [5.41, 5.74) is 2.59. The monoisotopic (exact) mass is 507 g/mol. The molecular formula is C22H16F3N3O2S3. The quantitative estimate of drug-likeness (QED) is 0.204. The van der Waals surface area contributed by atoms with Crippen molar-refractivity contribution in [3.05, 3.63) is 68.0 Å². The molecular weight excluding hydrogens is 491 g/mol. The molecule has 0 unspecified atom stereocenters. The number of nitrogens with zero attached hydrogens (tertiary/aromatic N) is 3. The molecule has 2 aromatic heterocycles. The molecule has 0 aliphatic carbocycles. The summed E-state index contributed by atoms with van der Waals surface area (Å²) in [6, 6.07) is 8.97. The maximum Gasteiger partial charge on any atom is 0.416 e. The third-order valence-corrected chi connectivity index (χ3v) is 8.52. The van der Waals surface area contributed by atoms with Crippen LogP contribution in [-0.2, 0) is 23.1 Å². The van der Waals surface area contributed by atoms with Crippen molar-refractivity contribution in [3.8, 4) is 10.6 Å². The Bertz CT molecular complexity index is 1340. The molecule has 5 nitrogen and oxygen atoms in total. The molecule has 4 aromatic rings. The fourth-order valence-electron chi connectivity index (χ4n) is 3.18. The summed E-state index contributed by atoms with van der Waals surface area (Å²) < 4.78 is 39.3. The summed E-state index contributed by atoms with van der Waals surface area (Å²) in [6.45, 7) is 3.85. The van der Waals surface area contributed by atoms with Gasteiger partial charge < -0.3 is 0 Å². The first kappa shape index (κ1) is 23.5. The number of alkyl halides is 3. The lowest BCUT2D eigenvalue weighted by atomic mass is 10.1. The molecule has 33 heavy (non-hydrogen) atoms. The zero-order valence-electron chi connectivity index (χ0n) is 17.4. The van der Waals surface area contributed by atoms with E-state index in [1.165, 1.54) is 34.8 Å². The summed E-state index contributed by atoms with van der Waals surface area (Å²) >= 11 is 4.45. The van der Waals surface area contributed by atoms with Crippen molar-refractivity contribution >= 4 is 50.6 Å². The van der Waals surface area contributed by atoms with E-state index in [0.717, 1.165) is 43.4 Å². The van der Waals surface area contributed by atoms with Crippen LogP contribution in [0.25, 0.3) is 20.8 Å². The van der Waals surface area contributed by atoms with Gasteiger partial charge in [0.15, 0.2) is 0 Å². The Morgan fingerprint density at radius 2 is 1.79 bits per heavy atom. The van der Waals surface area contributed by atoms with Crippen LogP contribution in [0.1, 0.15) is 26.7 Å². The molecule has 0 fully saturated rings. The average molecular weight is 508 g/mol. The predicted octanol–water partition coefficient (Wildman–Crippen LogP) is 7.18. The number of thiazole rings is 2. The molecule has 11 heteroatoms. The first-order valence-corrected chi connectivity index (χ1v) is 12.3. The summed E-state index contributed by atoms with van der Waals surface area (Å²) in [5, 5.41) is 3.66. The SMILES string of the molecule is Cc1nc(-c2ccc(C(F)(F)F)cc2)sc1CSc1ccc2sc(CC(=O)N=O)nc2c1C. The molecule has 0 bridgehead atoms. The zero-order valence-corrected chi connectivity index (χ0v) is 19.8. The van der Waals surface area contributed by atoms with Crippen molar-refractivity contribution in [2.45, 2.75) is 37.1 Å². The first-order chi connectivity index (χ1) is 15.7. The number of carbonyl (C=O) groups is 1. The Hall–Kier alpha value is -2.63. The summed E-state index contributed by atoms with van der Waals surface area (Å²) in [7, 11) is 0. The second kappa shape index (κ2) is 9.32. The van der Waals surface area contributed by atoms with Gasteiger partial charge in [-0.05, 0) is 43.7 Å². The molecule has 0 aliphatic heterocycles. The average Bonchev–Trinajstić information content (AvgIpc) is 3.36. The molecule has 2 aromatic carbocycles. The highest BCUT2D eigenvalue weighted by molar-refractivity contribution is 7.98. The third-order valence-electron chi connectivity index (χ3n) is 4.92. The minimum absolute atomic E-state index is 0.0997. The van der Waals surface area contributed by atoms with E-state index in [1.807, 2.05) is 26.0 Å². The number of thioether (sulfide) groups is 1. The number of benzene rings is 2. The van der Waals surface area contributed by atoms with Crippen LogP contribution in [0.2, 0.25) is 0 Å². The lowest BCUT2D eigenvalue weighted by Crippen LogP contribution is -2.03. The van der Waals surface area contributed by atoms with Crippen LogP contribution in [0.5, 0.6) is 0 Å². The number of hydrogen-bond donors (Lipinski definition) is 0. The van der Waals surface area contributed by atoms with Crippen molar-refractivity contribution in [1.82, 2.24) is 9.97 Å². The first-order valence-electron chi connectivity index (χ1n) is 9.67. The lowest BCUT2D eigenvalue weighted by molar-refractivity contribution is -0.137. The Kier molecular flexibility index (Phi) is 6.64. The van der Waals surface area contributed by atoms with Gasteiger partial charge in [-0.15, -0.1) is 39.3 Å². The second-order valence-electron chi connectivity index (χ2n) is 7.20. The standard InChI is InChI=1S/C22H16F3N3O2S3/c1-11-15(7-8-16-20(11)27-19(32-16)9-18(29)28-30)31-10-17-12(2)26-21(33-17)13-3-5-14(6-4-13)22(23,24)25/h3-8H,9-10H2,1-2H3. The largest absolute Gasteiger partial charge is 0.416 e. The molecule has 170 valence electrons. The molecule has 4 rings (SSSR count). The van der Waals surface area contributed by atoms with Gasteiger partial charge in [0.1, 0.15) is 10.0 Å². The number of aromatic nitrogens is 2. The molecule has 2 heterocycles. The zero-order chi connectivity index (χ0) is 23.8. The number of amides is 1. The second-order valence-corrected chi connectivity index (χ2v) is 10.4. The fraction of sp³-hybridized carbons (Fsp3) is 0.227. The van der Waals surface area contributed by atoms with Crippen molar-refractivity contribution in [2.24, 2.45) is 5.18 Å². The summed E-state index contributed by atoms with van der Waals surface area (Å²) in [4.78, 5) is 32.8. The highest BCUT2D eigenvalue weighted by Crippen LogP contribution is 2.37. The number of carbonyl (C=O) groups excluding carboxylic acids is 1. The van der Waals surface area contributed by atoms with Crippen LogP contribution in [0.3, 0.4) is 0 Å². The van der Waals surface area contributed by atoms with Gasteiger partial charge in [0.25, 0.3) is 5.91 Å². The van der Waals surface area contributed by atoms with E-state index in [1.54, 1.807) is 11.8 Å². The van der Waals surface area contributed by atoms with Crippen molar-refractivity contribution < 1.29 is 18.0 Å². The van der Waals surface area contributed by atoms with Crippen molar-refractivity contribution in [3.63, 3.8) is 0 Å². The highest BCUT2D eigenvalue weighted by atomic mass is 32.2. The molecule has 1 amide bonds. The van der Waals surface area contributed by atoms with E-state index in [-0.39, 0.29) is 6.42 Å². The van der Waals surface area contributed by atoms with Crippen LogP contribution < -0.4 is 0 Å². The van der Waals surface area contributed by atoms with Crippen LogP contribution >= 0.6 is 34.4 Å². The van der Waals surface area contributed by atoms with Crippen LogP contribution in [0.4, 0.5) is 13.2 Å². The van der Waals surface area contributed by atoms with E-state index < -0.39 is 17.6 Å². The lowest BCUT2D eigenvalue weighted by Gasteiger charge is -2.06. The Balaban J connectivity index is 1.51. The number of rotatable bonds is 6. The summed E-state index contributed by atoms with van der Waals surface area (Å²) in [5.74, 6) is -0.0908. The topological polar surface area (TPSA) is 72.3 Å². The Morgan fingerprint density at radius 3 is 2.45 bits per heavy atom. The van der Waals surface area contributed by atoms with Gasteiger partial charge in [0.05, 0.1) is 27.9 Å². The van der Waals surface area contributed by atoms with Crippen molar-refractivity contribution in [2.75, 3.05) is 0 Å². The van der Waals surface area contributed by atoms with Crippen LogP contribution in [-0.4, -0.2) is 15.9 Å². The van der Waals surface area contributed by atoms with Gasteiger partial charge in [-0.2, -0.15) is 13.2 Å². The smallest absolute Gasteiger partial charge is 0.269 e. The number of hydrogen-bond acceptors (Lipinski definition) is 7. The molecule has 0 saturated carbocycles. The van der Waals surface area contributed by atoms with E-state index in [9.17, 15) is 22.9 Å². The van der Waals surface area contributed by atoms with Crippen molar-refractivity contribution in [1.29, 1.82) is 0 Å². The molecule has 0 aliphatic rings. The van der Waals surface area contributed by atoms with Gasteiger partial charge in [-0.3, -0.25) is 4.79 Å². The summed E-state index contributed by atoms with van der Waals surface area (Å²) in [6.07, 6.45) is -4.46. The van der Waals surface area contributed by atoms with E-state index in [4.69, 9.17) is 0 Å². The van der Waals surface area contributed by atoms with Gasteiger partial charge in [0, 0.05) is 26.3 Å². The number of nitroso groups, excluding NO2 is 1. The molecule has 0 spiro atoms. The Labute approximate surface area is 199 Å². The highest BCUT2D eigenvalue weighted by Gasteiger charge is 2.30. The van der Waals surface area contributed by atoms with Crippen LogP contribution in [0, 0.1) is 18.8 Å². The van der Waals surface area contributed by atoms with E-state index in [0.29, 0.717) is 21.3 Å². The third kappa shape index (κ3) is 5.15. The molecule has 0 saturated heterocycles. The fourth-order valence-corrected chi connectivity index (χ4v) is 6.44. The number of aryl methyl sites for hydroxylation is 2. The number of fused-ring (bicyclic) bond motifs is 1. The minimum atomic E-state index is -4.36. The van der Waals surface area contributed by atoms with E-state index in [2.05, 4.69) is 15.1 Å². The maximum atomic E-state index is 12.8. The van der Waals surface area contributed by atoms with Gasteiger partial charge in [-0.1, -0.05) is 12.1 Å². The van der Waals surface area contributed by atoms with Gasteiger partial charge >= 0.3 is 6.18 Å². The van der Waals surface area contributed by atoms with Crippen LogP contribution in [0.15, 0.2) is 46.5 Å². The molecule has 0 atom stereocenters. The maximum absolute atomic E-state index is 12.8. The normalized spacial score (nSPS) is 11.8. The molecule has 0 radical (unpaired) electrons. The minimum Gasteiger partial charge on any atom is -0.269 e.